The zero-order chi connectivity index (χ0) is 21.9. The summed E-state index contributed by atoms with van der Waals surface area (Å²) in [7, 11) is 0. The summed E-state index contributed by atoms with van der Waals surface area (Å²) >= 11 is 1.46. The largest absolute Gasteiger partial charge is 0.490 e. The van der Waals surface area contributed by atoms with Crippen molar-refractivity contribution < 1.29 is 9.53 Å². The molecular formula is C26H24N2O2S. The van der Waals surface area contributed by atoms with Crippen LogP contribution in [0.1, 0.15) is 35.7 Å². The van der Waals surface area contributed by atoms with Crippen LogP contribution >= 0.6 is 11.8 Å². The fourth-order valence-corrected chi connectivity index (χ4v) is 3.80. The van der Waals surface area contributed by atoms with Crippen LogP contribution in [0.5, 0.6) is 5.75 Å². The van der Waals surface area contributed by atoms with Crippen LogP contribution in [-0.2, 0) is 0 Å². The summed E-state index contributed by atoms with van der Waals surface area (Å²) < 4.78 is 5.66. The number of unbranched alkanes of at least 4 members (excludes halogenated alkanes) is 1. The smallest absolute Gasteiger partial charge is 0.255 e. The molecule has 1 N–H and O–H groups in total. The van der Waals surface area contributed by atoms with Crippen LogP contribution < -0.4 is 10.1 Å². The number of para-hydroxylation sites is 1. The Morgan fingerprint density at radius 2 is 1.71 bits per heavy atom. The number of ether oxygens (including phenoxy) is 1. The molecule has 31 heavy (non-hydrogen) atoms. The van der Waals surface area contributed by atoms with Gasteiger partial charge in [-0.1, -0.05) is 61.5 Å². The molecule has 0 heterocycles. The first-order valence-corrected chi connectivity index (χ1v) is 11.0. The molecule has 0 saturated carbocycles. The van der Waals surface area contributed by atoms with Gasteiger partial charge in [-0.3, -0.25) is 4.79 Å². The van der Waals surface area contributed by atoms with Crippen LogP contribution in [0.2, 0.25) is 0 Å². The van der Waals surface area contributed by atoms with Gasteiger partial charge in [0.2, 0.25) is 0 Å². The molecule has 3 rings (SSSR count). The van der Waals surface area contributed by atoms with Crippen molar-refractivity contribution in [2.75, 3.05) is 11.9 Å². The summed E-state index contributed by atoms with van der Waals surface area (Å²) in [5, 5.41) is 12.3. The standard InChI is InChI=1S/C26H24N2O2S/c1-2-3-4-9-18-30-22-16-14-20(15-17-22)26(29)28-23-11-6-8-13-25(23)31-24-12-7-5-10-21(24)19-27/h4-17H,2-3,18H2,1H3,(H,28,29)/b9-4+. The molecule has 1 amide bonds. The van der Waals surface area contributed by atoms with Crippen molar-refractivity contribution in [3.63, 3.8) is 0 Å². The molecule has 0 bridgehead atoms. The van der Waals surface area contributed by atoms with Crippen LogP contribution in [0.4, 0.5) is 5.69 Å². The molecule has 0 radical (unpaired) electrons. The van der Waals surface area contributed by atoms with E-state index in [0.717, 1.165) is 28.4 Å². The quantitative estimate of drug-likeness (QED) is 0.385. The second-order valence-electron chi connectivity index (χ2n) is 6.76. The van der Waals surface area contributed by atoms with E-state index in [4.69, 9.17) is 4.74 Å². The summed E-state index contributed by atoms with van der Waals surface area (Å²) in [6.45, 7) is 2.65. The highest BCUT2D eigenvalue weighted by molar-refractivity contribution is 7.99. The van der Waals surface area contributed by atoms with E-state index in [0.29, 0.717) is 23.4 Å². The van der Waals surface area contributed by atoms with E-state index in [1.165, 1.54) is 11.8 Å². The molecule has 0 aromatic heterocycles. The monoisotopic (exact) mass is 428 g/mol. The second-order valence-corrected chi connectivity index (χ2v) is 7.84. The third kappa shape index (κ3) is 6.50. The van der Waals surface area contributed by atoms with Gasteiger partial charge in [-0.15, -0.1) is 0 Å². The number of carbonyl (C=O) groups excluding carboxylic acids is 1. The highest BCUT2D eigenvalue weighted by Crippen LogP contribution is 2.35. The maximum absolute atomic E-state index is 12.8. The van der Waals surface area contributed by atoms with Gasteiger partial charge in [0.15, 0.2) is 0 Å². The molecule has 3 aromatic rings. The van der Waals surface area contributed by atoms with E-state index in [9.17, 15) is 10.1 Å². The van der Waals surface area contributed by atoms with Crippen molar-refractivity contribution in [3.05, 3.63) is 96.1 Å². The van der Waals surface area contributed by atoms with Gasteiger partial charge in [-0.05, 0) is 55.0 Å². The lowest BCUT2D eigenvalue weighted by molar-refractivity contribution is 0.102. The number of benzene rings is 3. The molecule has 0 saturated heterocycles. The molecule has 4 nitrogen and oxygen atoms in total. The van der Waals surface area contributed by atoms with Gasteiger partial charge in [0.05, 0.1) is 11.3 Å². The van der Waals surface area contributed by atoms with Crippen molar-refractivity contribution >= 4 is 23.4 Å². The Bertz CT molecular complexity index is 1090. The predicted octanol–water partition coefficient (Wildman–Crippen LogP) is 6.70. The Kier molecular flexibility index (Phi) is 8.33. The van der Waals surface area contributed by atoms with Gasteiger partial charge in [-0.25, -0.2) is 0 Å². The Morgan fingerprint density at radius 1 is 1.00 bits per heavy atom. The zero-order valence-corrected chi connectivity index (χ0v) is 18.2. The molecule has 3 aromatic carbocycles. The summed E-state index contributed by atoms with van der Waals surface area (Å²) in [5.41, 5.74) is 1.85. The number of amides is 1. The highest BCUT2D eigenvalue weighted by atomic mass is 32.2. The number of anilines is 1. The van der Waals surface area contributed by atoms with Crippen molar-refractivity contribution in [3.8, 4) is 11.8 Å². The van der Waals surface area contributed by atoms with E-state index in [2.05, 4.69) is 24.4 Å². The second kappa shape index (κ2) is 11.6. The Hall–Kier alpha value is -3.49. The average molecular weight is 429 g/mol. The first-order valence-electron chi connectivity index (χ1n) is 10.2. The van der Waals surface area contributed by atoms with Gasteiger partial charge in [0.1, 0.15) is 18.4 Å². The minimum Gasteiger partial charge on any atom is -0.490 e. The lowest BCUT2D eigenvalue weighted by Gasteiger charge is -2.12. The van der Waals surface area contributed by atoms with Crippen molar-refractivity contribution in [2.45, 2.75) is 29.6 Å². The Morgan fingerprint density at radius 3 is 2.45 bits per heavy atom. The summed E-state index contributed by atoms with van der Waals surface area (Å²) in [4.78, 5) is 14.5. The van der Waals surface area contributed by atoms with Crippen LogP contribution in [0.25, 0.3) is 0 Å². The fraction of sp³-hybridized carbons (Fsp3) is 0.154. The number of carbonyl (C=O) groups is 1. The zero-order valence-electron chi connectivity index (χ0n) is 17.4. The Labute approximate surface area is 187 Å². The van der Waals surface area contributed by atoms with E-state index in [-0.39, 0.29) is 5.91 Å². The Balaban J connectivity index is 1.66. The van der Waals surface area contributed by atoms with Gasteiger partial charge in [-0.2, -0.15) is 5.26 Å². The topological polar surface area (TPSA) is 62.1 Å². The van der Waals surface area contributed by atoms with Crippen molar-refractivity contribution in [2.24, 2.45) is 0 Å². The lowest BCUT2D eigenvalue weighted by atomic mass is 10.2. The first kappa shape index (κ1) is 22.2. The number of nitriles is 1. The van der Waals surface area contributed by atoms with Gasteiger partial charge in [0.25, 0.3) is 5.91 Å². The maximum Gasteiger partial charge on any atom is 0.255 e. The van der Waals surface area contributed by atoms with Crippen LogP contribution in [-0.4, -0.2) is 12.5 Å². The molecule has 156 valence electrons. The summed E-state index contributed by atoms with van der Waals surface area (Å²) in [6, 6.07) is 24.3. The molecule has 0 aliphatic rings. The number of rotatable bonds is 9. The first-order chi connectivity index (χ1) is 15.2. The number of nitrogens with one attached hydrogen (secondary N) is 1. The van der Waals surface area contributed by atoms with Crippen LogP contribution in [0, 0.1) is 11.3 Å². The van der Waals surface area contributed by atoms with Crippen molar-refractivity contribution in [1.82, 2.24) is 0 Å². The SMILES string of the molecule is CCC/C=C/COc1ccc(C(=O)Nc2ccccc2Sc2ccccc2C#N)cc1. The molecule has 0 spiro atoms. The summed E-state index contributed by atoms with van der Waals surface area (Å²) in [5.74, 6) is 0.526. The molecule has 0 fully saturated rings. The molecule has 5 heteroatoms. The van der Waals surface area contributed by atoms with Gasteiger partial charge in [0, 0.05) is 15.4 Å². The van der Waals surface area contributed by atoms with E-state index in [1.807, 2.05) is 48.5 Å². The molecule has 0 atom stereocenters. The molecule has 0 aliphatic heterocycles. The van der Waals surface area contributed by atoms with E-state index >= 15 is 0 Å². The molecule has 0 aliphatic carbocycles. The van der Waals surface area contributed by atoms with Crippen molar-refractivity contribution in [1.29, 1.82) is 5.26 Å². The normalized spacial score (nSPS) is 10.6. The highest BCUT2D eigenvalue weighted by Gasteiger charge is 2.11. The predicted molar refractivity (Wildman–Crippen MR) is 126 cm³/mol. The van der Waals surface area contributed by atoms with E-state index < -0.39 is 0 Å². The summed E-state index contributed by atoms with van der Waals surface area (Å²) in [6.07, 6.45) is 6.27. The third-order valence-electron chi connectivity index (χ3n) is 4.45. The minimum absolute atomic E-state index is 0.198. The minimum atomic E-state index is -0.198. The molecular weight excluding hydrogens is 404 g/mol. The maximum atomic E-state index is 12.8. The van der Waals surface area contributed by atoms with Gasteiger partial charge >= 0.3 is 0 Å². The lowest BCUT2D eigenvalue weighted by Crippen LogP contribution is -2.12. The third-order valence-corrected chi connectivity index (χ3v) is 5.60. The van der Waals surface area contributed by atoms with Gasteiger partial charge < -0.3 is 10.1 Å². The van der Waals surface area contributed by atoms with E-state index in [1.54, 1.807) is 30.3 Å². The number of allylic oxidation sites excluding steroid dienone is 1. The number of nitrogens with zero attached hydrogens (tertiary/aromatic N) is 1. The van der Waals surface area contributed by atoms with Crippen LogP contribution in [0.3, 0.4) is 0 Å². The van der Waals surface area contributed by atoms with Crippen LogP contribution in [0.15, 0.2) is 94.7 Å². The number of hydrogen-bond donors (Lipinski definition) is 1. The molecule has 0 unspecified atom stereocenters. The average Bonchev–Trinajstić information content (AvgIpc) is 2.81. The fourth-order valence-electron chi connectivity index (χ4n) is 2.82. The number of hydrogen-bond acceptors (Lipinski definition) is 4.